The Balaban J connectivity index is 0.766. The molecule has 2 amide bonds. The average Bonchev–Trinajstić information content (AvgIpc) is 3.61. The van der Waals surface area contributed by atoms with E-state index in [4.69, 9.17) is 9.47 Å². The zero-order valence-electron chi connectivity index (χ0n) is 40.4. The number of amidine groups is 1. The minimum absolute atomic E-state index is 0.0445. The van der Waals surface area contributed by atoms with Gasteiger partial charge in [-0.05, 0) is 86.1 Å². The number of unbranched alkanes of at least 4 members (excludes halogenated alkanes) is 4. The molecule has 4 aliphatic rings. The second kappa shape index (κ2) is 21.5. The molecule has 70 heavy (non-hydrogen) atoms. The number of nitrogens with one attached hydrogen (secondary N) is 1. The number of thiazole rings is 1. The predicted molar refractivity (Wildman–Crippen MR) is 256 cm³/mol. The van der Waals surface area contributed by atoms with Crippen LogP contribution in [0, 0.1) is 18.3 Å². The summed E-state index contributed by atoms with van der Waals surface area (Å²) in [5.41, 5.74) is 3.10. The average molecular weight is 993 g/mol. The van der Waals surface area contributed by atoms with Crippen molar-refractivity contribution in [2.75, 3.05) is 32.8 Å². The number of β-amino-alcohol motifs (C(OH)–C–C–N with tert-alkyl or cyclic N) is 1. The van der Waals surface area contributed by atoms with Crippen LogP contribution in [0.5, 0.6) is 11.5 Å². The van der Waals surface area contributed by atoms with E-state index in [1.165, 1.54) is 21.8 Å². The van der Waals surface area contributed by atoms with Crippen molar-refractivity contribution in [3.63, 3.8) is 0 Å². The molecule has 1 unspecified atom stereocenters. The summed E-state index contributed by atoms with van der Waals surface area (Å²) in [6.45, 7) is 10.0. The summed E-state index contributed by atoms with van der Waals surface area (Å²) >= 11 is 1.54. The normalized spacial score (nSPS) is 19.6. The summed E-state index contributed by atoms with van der Waals surface area (Å²) in [5.74, 6) is -0.695. The number of carbonyl (C=O) groups is 3. The number of ether oxygens (including phenoxy) is 2. The summed E-state index contributed by atoms with van der Waals surface area (Å²) in [6.07, 6.45) is 1.95. The zero-order chi connectivity index (χ0) is 49.8. The van der Waals surface area contributed by atoms with Gasteiger partial charge in [0.15, 0.2) is 17.3 Å². The summed E-state index contributed by atoms with van der Waals surface area (Å²) in [6, 6.07) is 13.1. The number of piperidine rings is 1. The quantitative estimate of drug-likeness (QED) is 0.0686. The highest BCUT2D eigenvalue weighted by Gasteiger charge is 2.53. The van der Waals surface area contributed by atoms with Crippen LogP contribution in [-0.4, -0.2) is 109 Å². The molecule has 19 heteroatoms. The van der Waals surface area contributed by atoms with Crippen LogP contribution in [-0.2, 0) is 33.5 Å². The number of carbonyl (C=O) groups excluding carboxylic acids is 3. The molecule has 2 saturated heterocycles. The molecule has 3 aliphatic heterocycles. The first kappa shape index (κ1) is 50.9. The van der Waals surface area contributed by atoms with Crippen LogP contribution >= 0.6 is 11.3 Å². The molecule has 2 aromatic carbocycles. The molecule has 4 aromatic rings. The van der Waals surface area contributed by atoms with Crippen molar-refractivity contribution >= 4 is 34.8 Å². The molecule has 8 rings (SSSR count). The van der Waals surface area contributed by atoms with Crippen molar-refractivity contribution in [1.29, 1.82) is 0 Å². The first-order valence-electron chi connectivity index (χ1n) is 24.6. The third-order valence-corrected chi connectivity index (χ3v) is 15.1. The van der Waals surface area contributed by atoms with Gasteiger partial charge in [0.1, 0.15) is 23.4 Å². The number of likely N-dealkylation sites (tertiary alicyclic amines) is 2. The number of aryl methyl sites for hydroxylation is 2. The number of Topliss-reactive ketones (excluding diaryl/α,β-unsaturated/α-hetero) is 1. The van der Waals surface area contributed by atoms with Gasteiger partial charge in [-0.15, -0.1) is 21.5 Å². The van der Waals surface area contributed by atoms with Crippen LogP contribution in [0.4, 0.5) is 17.6 Å². The highest BCUT2D eigenvalue weighted by Crippen LogP contribution is 2.44. The number of hydrogen-bond acceptors (Lipinski definition) is 12. The lowest BCUT2D eigenvalue weighted by Gasteiger charge is -2.35. The first-order valence-corrected chi connectivity index (χ1v) is 25.5. The number of amides is 2. The molecule has 378 valence electrons. The van der Waals surface area contributed by atoms with E-state index >= 15 is 0 Å². The van der Waals surface area contributed by atoms with E-state index in [0.29, 0.717) is 56.6 Å². The molecule has 0 bridgehead atoms. The maximum atomic E-state index is 14.7. The standard InChI is InChI=1S/C51H64F4N8O6S/c1-32-45(70-31-57-32)35-10-11-36(29-56-46(66)40-27-37(64)30-62(40)47(67)39(49(2,3)4)28-42(65)50(52)20-21-50)41(26-35)69-25-9-7-5-6-8-24-68-38-14-12-33(13-15-38)34-18-22-61(23-19-34)44-17-16-43-58-59-48(51(53,54)55)63(43)60-44/h10-15,26,31,34,37,39-40,64H,5-9,16-25,27-30H2,1-4H3,(H,56,66)/t37-,39-,40?/m1/s1. The topological polar surface area (TPSA) is 164 Å². The Hall–Kier alpha value is -5.43. The first-order chi connectivity index (χ1) is 33.4. The highest BCUT2D eigenvalue weighted by atomic mass is 32.1. The Morgan fingerprint density at radius 2 is 1.64 bits per heavy atom. The van der Waals surface area contributed by atoms with E-state index in [0.717, 1.165) is 77.1 Å². The van der Waals surface area contributed by atoms with E-state index in [1.807, 2.05) is 58.0 Å². The Kier molecular flexibility index (Phi) is 15.7. The van der Waals surface area contributed by atoms with E-state index in [2.05, 4.69) is 42.6 Å². The molecule has 1 aliphatic carbocycles. The number of nitrogens with zero attached hydrogens (tertiary/aromatic N) is 7. The largest absolute Gasteiger partial charge is 0.494 e. The number of aliphatic hydroxyl groups is 1. The van der Waals surface area contributed by atoms with Crippen molar-refractivity contribution in [3.05, 3.63) is 76.4 Å². The van der Waals surface area contributed by atoms with Crippen LogP contribution in [0.1, 0.15) is 132 Å². The third-order valence-electron chi connectivity index (χ3n) is 14.1. The fourth-order valence-corrected chi connectivity index (χ4v) is 10.5. The van der Waals surface area contributed by atoms with Gasteiger partial charge in [-0.1, -0.05) is 64.3 Å². The van der Waals surface area contributed by atoms with E-state index in [9.17, 15) is 37.1 Å². The van der Waals surface area contributed by atoms with Gasteiger partial charge in [-0.25, -0.2) is 9.37 Å². The summed E-state index contributed by atoms with van der Waals surface area (Å²) in [5, 5.41) is 24.9. The molecule has 1 saturated carbocycles. The van der Waals surface area contributed by atoms with Gasteiger partial charge >= 0.3 is 6.18 Å². The van der Waals surface area contributed by atoms with Crippen molar-refractivity contribution in [2.45, 2.75) is 148 Å². The van der Waals surface area contributed by atoms with Gasteiger partial charge in [-0.3, -0.25) is 14.4 Å². The second-order valence-electron chi connectivity index (χ2n) is 20.3. The molecule has 2 N–H and O–H groups in total. The number of rotatable bonds is 19. The van der Waals surface area contributed by atoms with Gasteiger partial charge in [0.05, 0.1) is 35.4 Å². The predicted octanol–water partition coefficient (Wildman–Crippen LogP) is 8.83. The van der Waals surface area contributed by atoms with E-state index in [-0.39, 0.29) is 44.6 Å². The van der Waals surface area contributed by atoms with Crippen LogP contribution in [0.3, 0.4) is 0 Å². The number of alkyl halides is 4. The van der Waals surface area contributed by atoms with Crippen LogP contribution in [0.2, 0.25) is 0 Å². The number of aliphatic hydroxyl groups excluding tert-OH is 1. The van der Waals surface area contributed by atoms with E-state index in [1.54, 1.807) is 5.51 Å². The van der Waals surface area contributed by atoms with Crippen molar-refractivity contribution in [2.24, 2.45) is 16.4 Å². The van der Waals surface area contributed by atoms with Gasteiger partial charge < -0.3 is 29.7 Å². The SMILES string of the molecule is Cc1ncsc1-c1ccc(CNC(=O)C2C[C@@H](O)CN2C(=O)[C@@H](CC(=O)C2(F)CC2)C(C)(C)C)c(OCCCCCCCOc2ccc(C3CCN(C4=Nn5c(nnc5C(F)(F)F)CC4)CC3)cc2)c1. The number of benzene rings is 2. The number of hydrogen-bond donors (Lipinski definition) is 2. The lowest BCUT2D eigenvalue weighted by atomic mass is 9.76. The van der Waals surface area contributed by atoms with Gasteiger partial charge in [0.25, 0.3) is 5.82 Å². The molecular weight excluding hydrogens is 929 g/mol. The zero-order valence-corrected chi connectivity index (χ0v) is 41.2. The van der Waals surface area contributed by atoms with Gasteiger partial charge in [0, 0.05) is 63.3 Å². The second-order valence-corrected chi connectivity index (χ2v) is 21.1. The molecule has 0 spiro atoms. The molecule has 3 atom stereocenters. The molecule has 0 radical (unpaired) electrons. The number of ketones is 1. The fourth-order valence-electron chi connectivity index (χ4n) is 9.66. The van der Waals surface area contributed by atoms with Gasteiger partial charge in [-0.2, -0.15) is 22.9 Å². The fraction of sp³-hybridized carbons (Fsp3) is 0.588. The number of aromatic nitrogens is 4. The van der Waals surface area contributed by atoms with Crippen molar-refractivity contribution < 1.29 is 46.5 Å². The van der Waals surface area contributed by atoms with E-state index < -0.39 is 58.7 Å². The summed E-state index contributed by atoms with van der Waals surface area (Å²) < 4.78 is 68.2. The minimum atomic E-state index is -4.61. The third kappa shape index (κ3) is 12.2. The lowest BCUT2D eigenvalue weighted by molar-refractivity contribution is -0.147. The maximum Gasteiger partial charge on any atom is 0.453 e. The lowest BCUT2D eigenvalue weighted by Crippen LogP contribution is -2.50. The monoisotopic (exact) mass is 992 g/mol. The summed E-state index contributed by atoms with van der Waals surface area (Å²) in [4.78, 5) is 49.4. The minimum Gasteiger partial charge on any atom is -0.494 e. The Bertz CT molecular complexity index is 2510. The highest BCUT2D eigenvalue weighted by molar-refractivity contribution is 7.13. The Labute approximate surface area is 410 Å². The van der Waals surface area contributed by atoms with Gasteiger partial charge in [0.2, 0.25) is 11.8 Å². The number of fused-ring (bicyclic) bond motifs is 1. The molecule has 14 nitrogen and oxygen atoms in total. The van der Waals surface area contributed by atoms with Crippen LogP contribution < -0.4 is 14.8 Å². The smallest absolute Gasteiger partial charge is 0.453 e. The maximum absolute atomic E-state index is 14.7. The summed E-state index contributed by atoms with van der Waals surface area (Å²) in [7, 11) is 0. The van der Waals surface area contributed by atoms with Crippen LogP contribution in [0.25, 0.3) is 10.4 Å². The van der Waals surface area contributed by atoms with Crippen molar-refractivity contribution in [3.8, 4) is 21.9 Å². The molecule has 5 heterocycles. The Morgan fingerprint density at radius 1 is 0.943 bits per heavy atom. The number of halogens is 4. The van der Waals surface area contributed by atoms with Crippen LogP contribution in [0.15, 0.2) is 53.1 Å². The Morgan fingerprint density at radius 3 is 2.30 bits per heavy atom. The molecule has 2 aromatic heterocycles. The molecular formula is C51H64F4N8O6S. The molecule has 3 fully saturated rings. The van der Waals surface area contributed by atoms with Crippen molar-refractivity contribution in [1.82, 2.24) is 35.0 Å².